The molecular formula is C47H83N3O6. The van der Waals surface area contributed by atoms with Crippen molar-refractivity contribution < 1.29 is 28.6 Å². The zero-order chi connectivity index (χ0) is 40.7. The molecule has 0 aromatic heterocycles. The van der Waals surface area contributed by atoms with Gasteiger partial charge in [0.05, 0.1) is 25.4 Å². The number of nitrogens with zero attached hydrogens (tertiary/aromatic N) is 1. The summed E-state index contributed by atoms with van der Waals surface area (Å²) in [6.07, 6.45) is 44.4. The maximum atomic E-state index is 13.1. The van der Waals surface area contributed by atoms with Gasteiger partial charge in [0.1, 0.15) is 6.04 Å². The summed E-state index contributed by atoms with van der Waals surface area (Å²) in [6.45, 7) is 6.02. The number of methoxy groups -OCH3 is 2. The van der Waals surface area contributed by atoms with Crippen molar-refractivity contribution in [1.82, 2.24) is 15.5 Å². The van der Waals surface area contributed by atoms with E-state index in [1.807, 2.05) is 4.90 Å². The first-order chi connectivity index (χ1) is 27.4. The Labute approximate surface area is 342 Å². The van der Waals surface area contributed by atoms with Gasteiger partial charge in [0.2, 0.25) is 11.8 Å². The van der Waals surface area contributed by atoms with Gasteiger partial charge in [-0.1, -0.05) is 133 Å². The number of hydrogen-bond donors (Lipinski definition) is 2. The zero-order valence-corrected chi connectivity index (χ0v) is 36.3. The van der Waals surface area contributed by atoms with Crippen LogP contribution in [0.3, 0.4) is 0 Å². The molecule has 56 heavy (non-hydrogen) atoms. The second-order valence-corrected chi connectivity index (χ2v) is 15.4. The van der Waals surface area contributed by atoms with E-state index in [2.05, 4.69) is 73.1 Å². The van der Waals surface area contributed by atoms with E-state index in [9.17, 15) is 14.4 Å². The first-order valence-corrected chi connectivity index (χ1v) is 22.6. The summed E-state index contributed by atoms with van der Waals surface area (Å²) in [6, 6.07) is -0.945. The van der Waals surface area contributed by atoms with Crippen molar-refractivity contribution >= 4 is 17.8 Å². The number of hydrogen-bond acceptors (Lipinski definition) is 7. The monoisotopic (exact) mass is 786 g/mol. The van der Waals surface area contributed by atoms with Crippen LogP contribution in [0.2, 0.25) is 0 Å². The molecule has 2 N–H and O–H groups in total. The summed E-state index contributed by atoms with van der Waals surface area (Å²) in [4.78, 5) is 40.8. The first kappa shape index (κ1) is 51.3. The molecule has 0 bridgehead atoms. The van der Waals surface area contributed by atoms with E-state index in [1.54, 1.807) is 14.2 Å². The van der Waals surface area contributed by atoms with E-state index in [0.717, 1.165) is 77.0 Å². The molecule has 3 atom stereocenters. The Hall–Kier alpha value is -2.75. The molecule has 0 radical (unpaired) electrons. The molecule has 1 rings (SSSR count). The van der Waals surface area contributed by atoms with Gasteiger partial charge in [-0.25, -0.2) is 4.79 Å². The lowest BCUT2D eigenvalue weighted by molar-refractivity contribution is -0.148. The largest absolute Gasteiger partial charge is 0.464 e. The third-order valence-corrected chi connectivity index (χ3v) is 10.3. The van der Waals surface area contributed by atoms with Crippen LogP contribution in [0.15, 0.2) is 48.6 Å². The highest BCUT2D eigenvalue weighted by molar-refractivity contribution is 5.86. The van der Waals surface area contributed by atoms with Gasteiger partial charge in [0, 0.05) is 40.3 Å². The normalized spacial score (nSPS) is 16.9. The Morgan fingerprint density at radius 1 is 0.589 bits per heavy atom. The van der Waals surface area contributed by atoms with Crippen LogP contribution in [-0.4, -0.2) is 87.9 Å². The van der Waals surface area contributed by atoms with Crippen LogP contribution in [0.1, 0.15) is 168 Å². The highest BCUT2D eigenvalue weighted by atomic mass is 16.5. The lowest BCUT2D eigenvalue weighted by atomic mass is 10.1. The number of unbranched alkanes of at least 4 members (excludes halogenated alkanes) is 17. The van der Waals surface area contributed by atoms with Gasteiger partial charge in [-0.05, 0) is 77.0 Å². The van der Waals surface area contributed by atoms with Gasteiger partial charge in [0.15, 0.2) is 0 Å². The highest BCUT2D eigenvalue weighted by Crippen LogP contribution is 2.15. The predicted octanol–water partition coefficient (Wildman–Crippen LogP) is 10.1. The molecule has 0 aromatic carbocycles. The van der Waals surface area contributed by atoms with Crippen LogP contribution in [0.5, 0.6) is 0 Å². The Bertz CT molecular complexity index is 1080. The van der Waals surface area contributed by atoms with Gasteiger partial charge in [-0.2, -0.15) is 0 Å². The van der Waals surface area contributed by atoms with Gasteiger partial charge in [0.25, 0.3) is 0 Å². The van der Waals surface area contributed by atoms with E-state index < -0.39 is 12.0 Å². The molecule has 1 aliphatic heterocycles. The number of likely N-dealkylation sites (tertiary alicyclic amines) is 1. The van der Waals surface area contributed by atoms with Crippen molar-refractivity contribution in [3.05, 3.63) is 48.6 Å². The van der Waals surface area contributed by atoms with Crippen LogP contribution in [0.25, 0.3) is 0 Å². The van der Waals surface area contributed by atoms with Crippen molar-refractivity contribution in [2.45, 2.75) is 186 Å². The number of amides is 2. The van der Waals surface area contributed by atoms with Crippen molar-refractivity contribution in [3.8, 4) is 0 Å². The van der Waals surface area contributed by atoms with Crippen LogP contribution >= 0.6 is 0 Å². The Balaban J connectivity index is 2.34. The predicted molar refractivity (Wildman–Crippen MR) is 233 cm³/mol. The number of ether oxygens (including phenoxy) is 3. The molecule has 1 unspecified atom stereocenters. The number of carbonyl (C=O) groups is 3. The third kappa shape index (κ3) is 29.5. The van der Waals surface area contributed by atoms with Crippen LogP contribution in [0.4, 0.5) is 0 Å². The molecule has 9 heteroatoms. The summed E-state index contributed by atoms with van der Waals surface area (Å²) >= 11 is 0. The van der Waals surface area contributed by atoms with Gasteiger partial charge in [-0.15, -0.1) is 0 Å². The SMILES string of the molecule is CCCCC/C=C\C/C=C\CCCCCCCCOC(=O)C(CNC(=O)CCCCCCC/C=C\C/C=C\CCCCC)NC(=O)CN1C[C@H](OC)[C@H](OC)C1. The van der Waals surface area contributed by atoms with E-state index in [0.29, 0.717) is 26.1 Å². The number of esters is 1. The fourth-order valence-corrected chi connectivity index (χ4v) is 6.80. The van der Waals surface area contributed by atoms with Crippen molar-refractivity contribution in [1.29, 1.82) is 0 Å². The summed E-state index contributed by atoms with van der Waals surface area (Å²) < 4.78 is 16.6. The van der Waals surface area contributed by atoms with Crippen molar-refractivity contribution in [3.63, 3.8) is 0 Å². The lowest BCUT2D eigenvalue weighted by Gasteiger charge is -2.21. The maximum Gasteiger partial charge on any atom is 0.330 e. The first-order valence-electron chi connectivity index (χ1n) is 22.6. The minimum atomic E-state index is -0.945. The van der Waals surface area contributed by atoms with Gasteiger partial charge < -0.3 is 24.8 Å². The second-order valence-electron chi connectivity index (χ2n) is 15.4. The average Bonchev–Trinajstić information content (AvgIpc) is 3.60. The Morgan fingerprint density at radius 2 is 1.04 bits per heavy atom. The van der Waals surface area contributed by atoms with E-state index >= 15 is 0 Å². The highest BCUT2D eigenvalue weighted by Gasteiger charge is 2.34. The second kappa shape index (κ2) is 37.8. The number of allylic oxidation sites excluding steroid dienone is 8. The topological polar surface area (TPSA) is 106 Å². The lowest BCUT2D eigenvalue weighted by Crippen LogP contribution is -2.51. The summed E-state index contributed by atoms with van der Waals surface area (Å²) in [5.74, 6) is -0.919. The van der Waals surface area contributed by atoms with E-state index in [1.165, 1.54) is 70.6 Å². The quantitative estimate of drug-likeness (QED) is 0.0367. The van der Waals surface area contributed by atoms with Crippen LogP contribution < -0.4 is 10.6 Å². The zero-order valence-electron chi connectivity index (χ0n) is 36.3. The van der Waals surface area contributed by atoms with E-state index in [-0.39, 0.29) is 37.1 Å². The summed E-state index contributed by atoms with van der Waals surface area (Å²) in [5, 5.41) is 5.70. The minimum Gasteiger partial charge on any atom is -0.464 e. The number of carbonyl (C=O) groups excluding carboxylic acids is 3. The fraction of sp³-hybridized carbons (Fsp3) is 0.766. The Kier molecular flexibility index (Phi) is 34.6. The van der Waals surface area contributed by atoms with Crippen molar-refractivity contribution in [2.75, 3.05) is 47.0 Å². The third-order valence-electron chi connectivity index (χ3n) is 10.3. The summed E-state index contributed by atoms with van der Waals surface area (Å²) in [5.41, 5.74) is 0. The van der Waals surface area contributed by atoms with Crippen molar-refractivity contribution in [2.24, 2.45) is 0 Å². The molecule has 0 saturated carbocycles. The molecule has 2 amide bonds. The van der Waals surface area contributed by atoms with Gasteiger partial charge in [-0.3, -0.25) is 14.5 Å². The molecule has 322 valence electrons. The molecule has 1 fully saturated rings. The molecule has 1 heterocycles. The molecule has 1 aliphatic rings. The molecule has 1 saturated heterocycles. The standard InChI is InChI=1S/C47H83N3O6/c1-5-7-9-11-13-15-17-19-21-23-25-27-29-31-33-35-37-56-47(53)42(49-46(52)41-50-39-43(54-3)44(40-50)55-4)38-48-45(51)36-34-32-30-28-26-24-22-20-18-16-14-12-10-8-6-2/h13-16,19-22,42-44H,5-12,17-18,23-41H2,1-4H3,(H,48,51)(H,49,52)/b15-13-,16-14-,21-19-,22-20-/t42?,43-,44+. The fourth-order valence-electron chi connectivity index (χ4n) is 6.80. The Morgan fingerprint density at radius 3 is 1.52 bits per heavy atom. The smallest absolute Gasteiger partial charge is 0.330 e. The van der Waals surface area contributed by atoms with E-state index in [4.69, 9.17) is 14.2 Å². The molecule has 0 spiro atoms. The molecular weight excluding hydrogens is 703 g/mol. The molecule has 0 aliphatic carbocycles. The maximum absolute atomic E-state index is 13.1. The van der Waals surface area contributed by atoms with Gasteiger partial charge >= 0.3 is 5.97 Å². The molecule has 9 nitrogen and oxygen atoms in total. The van der Waals surface area contributed by atoms with Crippen LogP contribution in [-0.2, 0) is 28.6 Å². The number of rotatable bonds is 37. The minimum absolute atomic E-state index is 0.00868. The molecule has 0 aromatic rings. The number of nitrogens with one attached hydrogen (secondary N) is 2. The average molecular weight is 786 g/mol. The van der Waals surface area contributed by atoms with Crippen LogP contribution in [0, 0.1) is 0 Å². The summed E-state index contributed by atoms with van der Waals surface area (Å²) in [7, 11) is 3.28.